The first-order valence-corrected chi connectivity index (χ1v) is 9.39. The zero-order chi connectivity index (χ0) is 15.3. The summed E-state index contributed by atoms with van der Waals surface area (Å²) >= 11 is 1.71. The molecule has 1 aromatic rings. The van der Waals surface area contributed by atoms with Crippen LogP contribution in [-0.4, -0.2) is 45.0 Å². The van der Waals surface area contributed by atoms with E-state index >= 15 is 0 Å². The number of nitrogens with one attached hydrogen (secondary N) is 3. The molecular formula is C13H19N3O3S2. The van der Waals surface area contributed by atoms with Gasteiger partial charge in [0.05, 0.1) is 11.7 Å². The molecule has 1 fully saturated rings. The van der Waals surface area contributed by atoms with Gasteiger partial charge in [0.2, 0.25) is 15.9 Å². The van der Waals surface area contributed by atoms with Gasteiger partial charge in [0.25, 0.3) is 0 Å². The molecule has 1 aliphatic rings. The maximum atomic E-state index is 12.2. The van der Waals surface area contributed by atoms with Crippen molar-refractivity contribution in [2.45, 2.75) is 17.9 Å². The summed E-state index contributed by atoms with van der Waals surface area (Å²) in [5, 5.41) is 5.84. The average molecular weight is 329 g/mol. The molecule has 1 atom stereocenters. The SMILES string of the molecule is CCNS(=O)(=O)c1ccccc1NC(=O)C1CSCCN1. The van der Waals surface area contributed by atoms with E-state index in [4.69, 9.17) is 0 Å². The van der Waals surface area contributed by atoms with Gasteiger partial charge < -0.3 is 10.6 Å². The predicted octanol–water partition coefficient (Wildman–Crippen LogP) is 0.628. The van der Waals surface area contributed by atoms with Crippen LogP contribution >= 0.6 is 11.8 Å². The standard InChI is InChI=1S/C13H19N3O3S2/c1-2-15-21(18,19)12-6-4-3-5-10(12)16-13(17)11-9-20-8-7-14-11/h3-6,11,14-15H,2,7-9H2,1H3,(H,16,17). The molecule has 0 aromatic heterocycles. The van der Waals surface area contributed by atoms with E-state index in [1.54, 1.807) is 36.9 Å². The Kier molecular flexibility index (Phi) is 5.63. The summed E-state index contributed by atoms with van der Waals surface area (Å²) in [6.07, 6.45) is 0. The molecule has 1 saturated heterocycles. The molecule has 1 aromatic carbocycles. The average Bonchev–Trinajstić information content (AvgIpc) is 2.48. The smallest absolute Gasteiger partial charge is 0.242 e. The maximum absolute atomic E-state index is 12.2. The lowest BCUT2D eigenvalue weighted by atomic mass is 10.2. The first kappa shape index (κ1) is 16.3. The summed E-state index contributed by atoms with van der Waals surface area (Å²) in [6, 6.07) is 6.12. The molecule has 1 aliphatic heterocycles. The zero-order valence-electron chi connectivity index (χ0n) is 11.8. The van der Waals surface area contributed by atoms with E-state index in [-0.39, 0.29) is 16.8 Å². The molecule has 1 amide bonds. The van der Waals surface area contributed by atoms with Gasteiger partial charge in [0.1, 0.15) is 4.90 Å². The van der Waals surface area contributed by atoms with Crippen molar-refractivity contribution in [2.24, 2.45) is 0 Å². The quantitative estimate of drug-likeness (QED) is 0.737. The van der Waals surface area contributed by atoms with Crippen LogP contribution in [0.5, 0.6) is 0 Å². The number of amides is 1. The molecule has 0 radical (unpaired) electrons. The monoisotopic (exact) mass is 329 g/mol. The largest absolute Gasteiger partial charge is 0.323 e. The van der Waals surface area contributed by atoms with Crippen molar-refractivity contribution in [1.82, 2.24) is 10.0 Å². The first-order valence-electron chi connectivity index (χ1n) is 6.75. The number of benzene rings is 1. The normalized spacial score (nSPS) is 19.2. The number of hydrogen-bond donors (Lipinski definition) is 3. The second-order valence-corrected chi connectivity index (χ2v) is 7.45. The number of para-hydroxylation sites is 1. The number of thioether (sulfide) groups is 1. The summed E-state index contributed by atoms with van der Waals surface area (Å²) in [7, 11) is -3.61. The van der Waals surface area contributed by atoms with Crippen LogP contribution < -0.4 is 15.4 Å². The van der Waals surface area contributed by atoms with E-state index in [1.165, 1.54) is 6.07 Å². The van der Waals surface area contributed by atoms with Gasteiger partial charge in [-0.1, -0.05) is 19.1 Å². The second kappa shape index (κ2) is 7.26. The molecule has 116 valence electrons. The lowest BCUT2D eigenvalue weighted by Gasteiger charge is -2.22. The molecule has 2 rings (SSSR count). The lowest BCUT2D eigenvalue weighted by Crippen LogP contribution is -2.46. The fourth-order valence-corrected chi connectivity index (χ4v) is 4.16. The van der Waals surface area contributed by atoms with Crippen LogP contribution in [0.15, 0.2) is 29.2 Å². The predicted molar refractivity (Wildman–Crippen MR) is 85.0 cm³/mol. The van der Waals surface area contributed by atoms with Crippen LogP contribution in [0.2, 0.25) is 0 Å². The summed E-state index contributed by atoms with van der Waals surface area (Å²) in [4.78, 5) is 12.3. The van der Waals surface area contributed by atoms with Crippen LogP contribution in [0.3, 0.4) is 0 Å². The van der Waals surface area contributed by atoms with Gasteiger partial charge >= 0.3 is 0 Å². The molecule has 0 saturated carbocycles. The molecule has 0 spiro atoms. The number of hydrogen-bond acceptors (Lipinski definition) is 5. The molecule has 1 unspecified atom stereocenters. The molecule has 0 bridgehead atoms. The Bertz CT molecular complexity index is 598. The Labute approximate surface area is 129 Å². The topological polar surface area (TPSA) is 87.3 Å². The number of carbonyl (C=O) groups excluding carboxylic acids is 1. The highest BCUT2D eigenvalue weighted by Gasteiger charge is 2.23. The fourth-order valence-electron chi connectivity index (χ4n) is 2.03. The van der Waals surface area contributed by atoms with Gasteiger partial charge in [0, 0.05) is 24.6 Å². The summed E-state index contributed by atoms with van der Waals surface area (Å²) in [5.41, 5.74) is 0.306. The lowest BCUT2D eigenvalue weighted by molar-refractivity contribution is -0.117. The van der Waals surface area contributed by atoms with Gasteiger partial charge in [0.15, 0.2) is 0 Å². The molecule has 3 N–H and O–H groups in total. The number of rotatable bonds is 5. The number of carbonyl (C=O) groups is 1. The first-order chi connectivity index (χ1) is 10.0. The Morgan fingerprint density at radius 1 is 1.43 bits per heavy atom. The van der Waals surface area contributed by atoms with Crippen LogP contribution in [0.25, 0.3) is 0 Å². The van der Waals surface area contributed by atoms with E-state index in [0.717, 1.165) is 12.3 Å². The van der Waals surface area contributed by atoms with Crippen molar-refractivity contribution >= 4 is 33.4 Å². The van der Waals surface area contributed by atoms with E-state index in [1.807, 2.05) is 0 Å². The summed E-state index contributed by atoms with van der Waals surface area (Å²) in [5.74, 6) is 1.46. The van der Waals surface area contributed by atoms with Crippen molar-refractivity contribution in [3.8, 4) is 0 Å². The second-order valence-electron chi connectivity index (χ2n) is 4.57. The van der Waals surface area contributed by atoms with Crippen LogP contribution in [0, 0.1) is 0 Å². The zero-order valence-corrected chi connectivity index (χ0v) is 13.4. The Morgan fingerprint density at radius 3 is 2.86 bits per heavy atom. The summed E-state index contributed by atoms with van der Waals surface area (Å²) in [6.45, 7) is 2.79. The fraction of sp³-hybridized carbons (Fsp3) is 0.462. The van der Waals surface area contributed by atoms with E-state index in [9.17, 15) is 13.2 Å². The van der Waals surface area contributed by atoms with Gasteiger partial charge in [-0.3, -0.25) is 4.79 Å². The third-order valence-corrected chi connectivity index (χ3v) is 5.67. The van der Waals surface area contributed by atoms with Gasteiger partial charge in [-0.15, -0.1) is 0 Å². The molecule has 8 heteroatoms. The minimum absolute atomic E-state index is 0.0867. The highest BCUT2D eigenvalue weighted by molar-refractivity contribution is 7.99. The van der Waals surface area contributed by atoms with Crippen molar-refractivity contribution in [3.63, 3.8) is 0 Å². The van der Waals surface area contributed by atoms with E-state index in [2.05, 4.69) is 15.4 Å². The molecular weight excluding hydrogens is 310 g/mol. The number of sulfonamides is 1. The third-order valence-electron chi connectivity index (χ3n) is 3.01. The van der Waals surface area contributed by atoms with Crippen molar-refractivity contribution in [2.75, 3.05) is 29.9 Å². The van der Waals surface area contributed by atoms with Crippen LogP contribution in [0.1, 0.15) is 6.92 Å². The van der Waals surface area contributed by atoms with Gasteiger partial charge in [-0.25, -0.2) is 13.1 Å². The number of anilines is 1. The Morgan fingerprint density at radius 2 is 2.19 bits per heavy atom. The van der Waals surface area contributed by atoms with Crippen molar-refractivity contribution in [1.29, 1.82) is 0 Å². The van der Waals surface area contributed by atoms with Crippen LogP contribution in [-0.2, 0) is 14.8 Å². The molecule has 6 nitrogen and oxygen atoms in total. The maximum Gasteiger partial charge on any atom is 0.242 e. The molecule has 21 heavy (non-hydrogen) atoms. The van der Waals surface area contributed by atoms with Crippen molar-refractivity contribution < 1.29 is 13.2 Å². The van der Waals surface area contributed by atoms with E-state index < -0.39 is 10.0 Å². The van der Waals surface area contributed by atoms with Crippen LogP contribution in [0.4, 0.5) is 5.69 Å². The Hall–Kier alpha value is -1.09. The minimum Gasteiger partial charge on any atom is -0.323 e. The molecule has 0 aliphatic carbocycles. The minimum atomic E-state index is -3.61. The third kappa shape index (κ3) is 4.19. The highest BCUT2D eigenvalue weighted by atomic mass is 32.2. The molecule has 1 heterocycles. The highest BCUT2D eigenvalue weighted by Crippen LogP contribution is 2.21. The van der Waals surface area contributed by atoms with Gasteiger partial charge in [-0.2, -0.15) is 11.8 Å². The summed E-state index contributed by atoms with van der Waals surface area (Å²) < 4.78 is 26.7. The van der Waals surface area contributed by atoms with E-state index in [0.29, 0.717) is 18.0 Å². The van der Waals surface area contributed by atoms with Gasteiger partial charge in [-0.05, 0) is 12.1 Å². The van der Waals surface area contributed by atoms with Crippen molar-refractivity contribution in [3.05, 3.63) is 24.3 Å². The Balaban J connectivity index is 2.18.